The van der Waals surface area contributed by atoms with Crippen LogP contribution < -0.4 is 10.0 Å². The van der Waals surface area contributed by atoms with Crippen molar-refractivity contribution in [2.75, 3.05) is 26.0 Å². The molecule has 2 N–H and O–H groups in total. The summed E-state index contributed by atoms with van der Waals surface area (Å²) in [5.74, 6) is -0.351. The maximum atomic E-state index is 12.2. The van der Waals surface area contributed by atoms with Crippen molar-refractivity contribution in [2.24, 2.45) is 0 Å². The Kier molecular flexibility index (Phi) is 7.40. The molecule has 0 bridgehead atoms. The average molecular weight is 408 g/mol. The van der Waals surface area contributed by atoms with Crippen molar-refractivity contribution < 1.29 is 18.0 Å². The van der Waals surface area contributed by atoms with Crippen molar-refractivity contribution in [3.8, 4) is 0 Å². The zero-order valence-electron chi connectivity index (χ0n) is 15.0. The first-order valence-corrected chi connectivity index (χ1v) is 10.4. The molecule has 0 unspecified atom stereocenters. The molecule has 0 aliphatic rings. The number of nitrogens with zero attached hydrogens (tertiary/aromatic N) is 1. The number of thioether (sulfide) groups is 1. The van der Waals surface area contributed by atoms with E-state index in [0.29, 0.717) is 10.6 Å². The van der Waals surface area contributed by atoms with E-state index >= 15 is 0 Å². The normalized spacial score (nSPS) is 11.0. The lowest BCUT2D eigenvalue weighted by molar-refractivity contribution is -0.116. The fourth-order valence-electron chi connectivity index (χ4n) is 2.04. The molecule has 2 aromatic rings. The molecular weight excluding hydrogens is 386 g/mol. The Morgan fingerprint density at radius 2 is 1.63 bits per heavy atom. The Labute approximate surface area is 163 Å². The zero-order valence-corrected chi connectivity index (χ0v) is 16.6. The van der Waals surface area contributed by atoms with Crippen LogP contribution in [0.2, 0.25) is 0 Å². The van der Waals surface area contributed by atoms with Gasteiger partial charge in [-0.1, -0.05) is 30.3 Å². The summed E-state index contributed by atoms with van der Waals surface area (Å²) >= 11 is 1.01. The number of hydrogen-bond donors (Lipinski definition) is 2. The maximum absolute atomic E-state index is 12.2. The highest BCUT2D eigenvalue weighted by atomic mass is 32.2. The van der Waals surface area contributed by atoms with Gasteiger partial charge in [0.25, 0.3) is 5.24 Å². The number of nitrogens with one attached hydrogen (secondary N) is 2. The van der Waals surface area contributed by atoms with E-state index in [-0.39, 0.29) is 29.0 Å². The summed E-state index contributed by atoms with van der Waals surface area (Å²) in [6.45, 7) is -0.0327. The summed E-state index contributed by atoms with van der Waals surface area (Å²) in [6, 6.07) is 14.9. The molecule has 0 radical (unpaired) electrons. The standard InChI is InChI=1S/C18H21N3O4S2/c1-21(2)18(23)26-16-11-7-6-10-15(16)20-17(22)12-13-19-27(24,25)14-8-4-3-5-9-14/h3-11,19H,12-13H2,1-2H3,(H,20,22). The summed E-state index contributed by atoms with van der Waals surface area (Å²) in [5.41, 5.74) is 0.508. The van der Waals surface area contributed by atoms with Crippen LogP contribution >= 0.6 is 11.8 Å². The minimum Gasteiger partial charge on any atom is -0.339 e. The quantitative estimate of drug-likeness (QED) is 0.688. The number of hydrogen-bond acceptors (Lipinski definition) is 5. The predicted octanol–water partition coefficient (Wildman–Crippen LogP) is 2.77. The predicted molar refractivity (Wildman–Crippen MR) is 106 cm³/mol. The number of para-hydroxylation sites is 1. The SMILES string of the molecule is CN(C)C(=O)Sc1ccccc1NC(=O)CCNS(=O)(=O)c1ccccc1. The topological polar surface area (TPSA) is 95.6 Å². The second-order valence-corrected chi connectivity index (χ2v) is 8.53. The number of benzene rings is 2. The fraction of sp³-hybridized carbons (Fsp3) is 0.222. The molecule has 27 heavy (non-hydrogen) atoms. The van der Waals surface area contributed by atoms with Gasteiger partial charge in [0.05, 0.1) is 10.6 Å². The van der Waals surface area contributed by atoms with Crippen LogP contribution in [-0.4, -0.2) is 45.1 Å². The Morgan fingerprint density at radius 3 is 2.30 bits per heavy atom. The Balaban J connectivity index is 1.92. The van der Waals surface area contributed by atoms with E-state index in [1.165, 1.54) is 17.0 Å². The van der Waals surface area contributed by atoms with E-state index in [2.05, 4.69) is 10.0 Å². The van der Waals surface area contributed by atoms with Gasteiger partial charge >= 0.3 is 0 Å². The molecule has 0 aliphatic heterocycles. The summed E-state index contributed by atoms with van der Waals surface area (Å²) in [5, 5.41) is 2.56. The van der Waals surface area contributed by atoms with Crippen LogP contribution in [0.25, 0.3) is 0 Å². The van der Waals surface area contributed by atoms with Crippen LogP contribution in [0.5, 0.6) is 0 Å². The van der Waals surface area contributed by atoms with E-state index < -0.39 is 10.0 Å². The molecule has 2 amide bonds. The Bertz CT molecular complexity index is 900. The second-order valence-electron chi connectivity index (χ2n) is 5.77. The van der Waals surface area contributed by atoms with Crippen LogP contribution in [0.15, 0.2) is 64.4 Å². The zero-order chi connectivity index (χ0) is 19.9. The van der Waals surface area contributed by atoms with Gasteiger partial charge in [0, 0.05) is 32.0 Å². The van der Waals surface area contributed by atoms with Gasteiger partial charge in [-0.2, -0.15) is 0 Å². The van der Waals surface area contributed by atoms with Crippen molar-refractivity contribution in [1.82, 2.24) is 9.62 Å². The molecule has 7 nitrogen and oxygen atoms in total. The molecule has 9 heteroatoms. The minimum atomic E-state index is -3.65. The van der Waals surface area contributed by atoms with Crippen LogP contribution in [0.4, 0.5) is 10.5 Å². The van der Waals surface area contributed by atoms with Crippen molar-refractivity contribution in [1.29, 1.82) is 0 Å². The fourth-order valence-corrected chi connectivity index (χ4v) is 3.84. The highest BCUT2D eigenvalue weighted by molar-refractivity contribution is 8.13. The number of carbonyl (C=O) groups is 2. The summed E-state index contributed by atoms with van der Waals surface area (Å²) in [6.07, 6.45) is -0.0350. The van der Waals surface area contributed by atoms with E-state index in [9.17, 15) is 18.0 Å². The van der Waals surface area contributed by atoms with Gasteiger partial charge in [-0.3, -0.25) is 9.59 Å². The van der Waals surface area contributed by atoms with Gasteiger partial charge in [0.1, 0.15) is 0 Å². The average Bonchev–Trinajstić information content (AvgIpc) is 2.63. The monoisotopic (exact) mass is 407 g/mol. The van der Waals surface area contributed by atoms with E-state index in [0.717, 1.165) is 11.8 Å². The molecule has 0 atom stereocenters. The number of anilines is 1. The van der Waals surface area contributed by atoms with Crippen molar-refractivity contribution >= 4 is 38.6 Å². The Hall–Kier alpha value is -2.36. The van der Waals surface area contributed by atoms with Gasteiger partial charge in [0.15, 0.2) is 0 Å². The number of sulfonamides is 1. The first kappa shape index (κ1) is 20.9. The smallest absolute Gasteiger partial charge is 0.286 e. The maximum Gasteiger partial charge on any atom is 0.286 e. The highest BCUT2D eigenvalue weighted by Gasteiger charge is 2.15. The summed E-state index contributed by atoms with van der Waals surface area (Å²) < 4.78 is 26.6. The molecule has 0 heterocycles. The molecule has 0 spiro atoms. The highest BCUT2D eigenvalue weighted by Crippen LogP contribution is 2.28. The van der Waals surface area contributed by atoms with Gasteiger partial charge in [-0.25, -0.2) is 13.1 Å². The molecule has 0 saturated heterocycles. The van der Waals surface area contributed by atoms with E-state index in [1.807, 2.05) is 0 Å². The third-order valence-electron chi connectivity index (χ3n) is 3.42. The molecule has 2 aromatic carbocycles. The van der Waals surface area contributed by atoms with Crippen LogP contribution in [-0.2, 0) is 14.8 Å². The molecule has 144 valence electrons. The molecular formula is C18H21N3O4S2. The van der Waals surface area contributed by atoms with Gasteiger partial charge < -0.3 is 10.2 Å². The molecule has 2 rings (SSSR count). The largest absolute Gasteiger partial charge is 0.339 e. The number of carbonyl (C=O) groups excluding carboxylic acids is 2. The lowest BCUT2D eigenvalue weighted by Gasteiger charge is -2.13. The minimum absolute atomic E-state index is 0.0327. The first-order valence-electron chi connectivity index (χ1n) is 8.12. The van der Waals surface area contributed by atoms with E-state index in [1.54, 1.807) is 56.6 Å². The summed E-state index contributed by atoms with van der Waals surface area (Å²) in [7, 11) is -0.350. The van der Waals surface area contributed by atoms with Gasteiger partial charge in [0.2, 0.25) is 15.9 Å². The van der Waals surface area contributed by atoms with Crippen molar-refractivity contribution in [3.63, 3.8) is 0 Å². The molecule has 0 aliphatic carbocycles. The van der Waals surface area contributed by atoms with Gasteiger partial charge in [-0.15, -0.1) is 0 Å². The third kappa shape index (κ3) is 6.38. The second kappa shape index (κ2) is 9.54. The third-order valence-corrected chi connectivity index (χ3v) is 6.01. The molecule has 0 aromatic heterocycles. The van der Waals surface area contributed by atoms with Crippen LogP contribution in [0.3, 0.4) is 0 Å². The number of rotatable bonds is 7. The number of amides is 2. The lowest BCUT2D eigenvalue weighted by Crippen LogP contribution is -2.27. The Morgan fingerprint density at radius 1 is 1.00 bits per heavy atom. The molecule has 0 fully saturated rings. The molecule has 0 saturated carbocycles. The van der Waals surface area contributed by atoms with Gasteiger partial charge in [-0.05, 0) is 36.0 Å². The van der Waals surface area contributed by atoms with Crippen molar-refractivity contribution in [3.05, 3.63) is 54.6 Å². The lowest BCUT2D eigenvalue weighted by atomic mass is 10.3. The first-order chi connectivity index (χ1) is 12.8. The summed E-state index contributed by atoms with van der Waals surface area (Å²) in [4.78, 5) is 26.2. The van der Waals surface area contributed by atoms with Crippen molar-refractivity contribution in [2.45, 2.75) is 16.2 Å². The van der Waals surface area contributed by atoms with Crippen LogP contribution in [0, 0.1) is 0 Å². The van der Waals surface area contributed by atoms with E-state index in [4.69, 9.17) is 0 Å². The van der Waals surface area contributed by atoms with Crippen LogP contribution in [0.1, 0.15) is 6.42 Å².